The minimum absolute atomic E-state index is 0.00403. The van der Waals surface area contributed by atoms with Gasteiger partial charge in [0, 0.05) is 30.8 Å². The summed E-state index contributed by atoms with van der Waals surface area (Å²) in [5, 5.41) is 0.238. The maximum atomic E-state index is 13.4. The summed E-state index contributed by atoms with van der Waals surface area (Å²) < 4.78 is 39.8. The topological polar surface area (TPSA) is 88.8 Å². The number of aromatic nitrogens is 2. The van der Waals surface area contributed by atoms with Crippen LogP contribution in [0.2, 0.25) is 0 Å². The lowest BCUT2D eigenvalue weighted by Crippen LogP contribution is -2.32. The first-order valence-corrected chi connectivity index (χ1v) is 10.00. The number of nitrogens with zero attached hydrogens (tertiary/aromatic N) is 1. The number of H-pyrrole nitrogens is 1. The molecule has 1 aliphatic rings. The number of hydrogen-bond acceptors (Lipinski definition) is 3. The van der Waals surface area contributed by atoms with Gasteiger partial charge in [0.1, 0.15) is 11.5 Å². The molecule has 0 bridgehead atoms. The normalized spacial score (nSPS) is 20.0. The minimum atomic E-state index is -2.54. The molecule has 1 fully saturated rings. The molecule has 0 saturated heterocycles. The average molecular weight is 431 g/mol. The maximum Gasteiger partial charge on any atom is 0.268 e. The van der Waals surface area contributed by atoms with Gasteiger partial charge in [-0.05, 0) is 55.0 Å². The first-order valence-electron chi connectivity index (χ1n) is 10.00. The Labute approximate surface area is 177 Å². The molecule has 0 unspecified atom stereocenters. The molecule has 2 aromatic heterocycles. The summed E-state index contributed by atoms with van der Waals surface area (Å²) in [5.41, 5.74) is 7.28. The molecule has 1 amide bonds. The number of benzene rings is 1. The van der Waals surface area contributed by atoms with Gasteiger partial charge in [0.15, 0.2) is 5.43 Å². The van der Waals surface area contributed by atoms with Crippen LogP contribution >= 0.6 is 0 Å². The number of halogens is 3. The van der Waals surface area contributed by atoms with Gasteiger partial charge in [0.05, 0.1) is 10.9 Å². The lowest BCUT2D eigenvalue weighted by molar-refractivity contribution is -0.0830. The van der Waals surface area contributed by atoms with E-state index in [2.05, 4.69) is 9.97 Å². The number of carbonyl (C=O) groups excluding carboxylic acids is 1. The van der Waals surface area contributed by atoms with E-state index in [1.807, 2.05) is 6.92 Å². The summed E-state index contributed by atoms with van der Waals surface area (Å²) in [6, 6.07) is 7.58. The molecule has 1 aliphatic carbocycles. The quantitative estimate of drug-likeness (QED) is 0.617. The van der Waals surface area contributed by atoms with E-state index in [0.717, 1.165) is 11.1 Å². The summed E-state index contributed by atoms with van der Waals surface area (Å²) in [6.45, 7) is 3.45. The van der Waals surface area contributed by atoms with Crippen molar-refractivity contribution >= 4 is 16.8 Å². The van der Waals surface area contributed by atoms with Gasteiger partial charge in [-0.15, -0.1) is 0 Å². The van der Waals surface area contributed by atoms with E-state index in [9.17, 15) is 22.8 Å². The van der Waals surface area contributed by atoms with Crippen molar-refractivity contribution in [1.82, 2.24) is 9.97 Å². The van der Waals surface area contributed by atoms with Crippen LogP contribution in [0.25, 0.3) is 10.9 Å². The van der Waals surface area contributed by atoms with Crippen LogP contribution in [0, 0.1) is 18.7 Å². The Morgan fingerprint density at radius 1 is 1.26 bits per heavy atom. The Bertz CT molecular complexity index is 1160. The van der Waals surface area contributed by atoms with E-state index in [1.54, 1.807) is 19.1 Å². The third-order valence-corrected chi connectivity index (χ3v) is 5.76. The van der Waals surface area contributed by atoms with Gasteiger partial charge in [-0.1, -0.05) is 13.0 Å². The van der Waals surface area contributed by atoms with Crippen LogP contribution in [0.5, 0.6) is 0 Å². The fraction of sp³-hybridized carbons (Fsp3) is 0.348. The molecule has 3 aromatic rings. The summed E-state index contributed by atoms with van der Waals surface area (Å²) in [5.74, 6) is -3.95. The third-order valence-electron chi connectivity index (χ3n) is 5.76. The second kappa shape index (κ2) is 8.91. The van der Waals surface area contributed by atoms with E-state index in [-0.39, 0.29) is 34.7 Å². The summed E-state index contributed by atoms with van der Waals surface area (Å²) in [7, 11) is 0. The second-order valence-corrected chi connectivity index (χ2v) is 7.92. The summed E-state index contributed by atoms with van der Waals surface area (Å²) in [6.07, 6.45) is 3.85. The van der Waals surface area contributed by atoms with Gasteiger partial charge in [-0.3, -0.25) is 14.6 Å². The van der Waals surface area contributed by atoms with Crippen molar-refractivity contribution in [3.63, 3.8) is 0 Å². The number of aromatic amines is 1. The molecule has 1 aromatic carbocycles. The van der Waals surface area contributed by atoms with E-state index in [4.69, 9.17) is 5.73 Å². The van der Waals surface area contributed by atoms with Gasteiger partial charge < -0.3 is 10.7 Å². The number of amides is 1. The number of pyridine rings is 2. The van der Waals surface area contributed by atoms with Gasteiger partial charge in [0.25, 0.3) is 11.8 Å². The number of alkyl halides is 2. The van der Waals surface area contributed by atoms with Crippen LogP contribution in [0.1, 0.15) is 53.7 Å². The van der Waals surface area contributed by atoms with Crippen molar-refractivity contribution in [2.24, 2.45) is 11.7 Å². The SMILES string of the molecule is Cc1cc(F)ccc1[C@@H]1CCC(F)(F)[C@H](C)C1.NC(=O)c1nccc2[nH]ccc(=O)c12. The molecule has 3 N–H and O–H groups in total. The number of fused-ring (bicyclic) bond motifs is 1. The predicted molar refractivity (Wildman–Crippen MR) is 113 cm³/mol. The number of nitrogens with one attached hydrogen (secondary N) is 1. The molecule has 4 rings (SSSR count). The molecule has 8 heteroatoms. The predicted octanol–water partition coefficient (Wildman–Crippen LogP) is 4.70. The van der Waals surface area contributed by atoms with Gasteiger partial charge in [0.2, 0.25) is 0 Å². The maximum absolute atomic E-state index is 13.4. The highest BCUT2D eigenvalue weighted by molar-refractivity contribution is 6.03. The number of rotatable bonds is 2. The van der Waals surface area contributed by atoms with Crippen LogP contribution in [0.4, 0.5) is 13.2 Å². The fourth-order valence-corrected chi connectivity index (χ4v) is 4.02. The molecule has 31 heavy (non-hydrogen) atoms. The Kier molecular flexibility index (Phi) is 6.48. The van der Waals surface area contributed by atoms with Crippen molar-refractivity contribution in [2.75, 3.05) is 0 Å². The average Bonchev–Trinajstić information content (AvgIpc) is 2.71. The summed E-state index contributed by atoms with van der Waals surface area (Å²) >= 11 is 0. The van der Waals surface area contributed by atoms with Gasteiger partial charge in [-0.2, -0.15) is 0 Å². The molecule has 164 valence electrons. The highest BCUT2D eigenvalue weighted by Gasteiger charge is 2.42. The van der Waals surface area contributed by atoms with E-state index >= 15 is 0 Å². The van der Waals surface area contributed by atoms with Crippen molar-refractivity contribution in [3.05, 3.63) is 75.6 Å². The van der Waals surface area contributed by atoms with Crippen molar-refractivity contribution in [2.45, 2.75) is 45.0 Å². The van der Waals surface area contributed by atoms with E-state index in [0.29, 0.717) is 18.4 Å². The first-order chi connectivity index (χ1) is 14.6. The number of carbonyl (C=O) groups is 1. The smallest absolute Gasteiger partial charge is 0.268 e. The van der Waals surface area contributed by atoms with Crippen LogP contribution < -0.4 is 11.2 Å². The zero-order valence-electron chi connectivity index (χ0n) is 17.3. The lowest BCUT2D eigenvalue weighted by Gasteiger charge is -2.34. The van der Waals surface area contributed by atoms with Crippen molar-refractivity contribution in [1.29, 1.82) is 0 Å². The van der Waals surface area contributed by atoms with Crippen molar-refractivity contribution in [3.8, 4) is 0 Å². The number of primary amides is 1. The summed E-state index contributed by atoms with van der Waals surface area (Å²) in [4.78, 5) is 29.0. The largest absolute Gasteiger partial charge is 0.364 e. The lowest BCUT2D eigenvalue weighted by atomic mass is 9.75. The van der Waals surface area contributed by atoms with Crippen LogP contribution in [-0.4, -0.2) is 21.8 Å². The molecule has 0 aliphatic heterocycles. The fourth-order valence-electron chi connectivity index (χ4n) is 4.02. The number of aryl methyl sites for hydroxylation is 1. The van der Waals surface area contributed by atoms with Gasteiger partial charge in [-0.25, -0.2) is 13.2 Å². The molecule has 2 atom stereocenters. The standard InChI is InChI=1S/C14H17F3.C9H7N3O2/c1-9-7-12(15)3-4-13(9)11-5-6-14(16,17)10(2)8-11;10-9(14)8-7-5(1-3-12-8)11-4-2-6(7)13/h3-4,7,10-11H,5-6,8H2,1-2H3;1-4H,(H2,10,14)(H,11,13)/t10-,11-;/m1./s1. The molecule has 0 radical (unpaired) electrons. The zero-order chi connectivity index (χ0) is 22.8. The Balaban J connectivity index is 0.000000179. The van der Waals surface area contributed by atoms with Crippen molar-refractivity contribution < 1.29 is 18.0 Å². The first kappa shape index (κ1) is 22.5. The second-order valence-electron chi connectivity index (χ2n) is 7.92. The van der Waals surface area contributed by atoms with E-state index in [1.165, 1.54) is 30.6 Å². The molecular weight excluding hydrogens is 407 g/mol. The molecule has 0 spiro atoms. The van der Waals surface area contributed by atoms with Crippen LogP contribution in [-0.2, 0) is 0 Å². The monoisotopic (exact) mass is 431 g/mol. The minimum Gasteiger partial charge on any atom is -0.364 e. The highest BCUT2D eigenvalue weighted by Crippen LogP contribution is 2.45. The van der Waals surface area contributed by atoms with Gasteiger partial charge >= 0.3 is 0 Å². The zero-order valence-corrected chi connectivity index (χ0v) is 17.3. The number of hydrogen-bond donors (Lipinski definition) is 2. The highest BCUT2D eigenvalue weighted by atomic mass is 19.3. The third kappa shape index (κ3) is 4.95. The molecular formula is C23H24F3N3O2. The van der Waals surface area contributed by atoms with Crippen LogP contribution in [0.3, 0.4) is 0 Å². The Hall–Kier alpha value is -3.16. The molecule has 1 saturated carbocycles. The number of nitrogens with two attached hydrogens (primary N) is 1. The Morgan fingerprint density at radius 2 is 2.00 bits per heavy atom. The van der Waals surface area contributed by atoms with Crippen LogP contribution in [0.15, 0.2) is 47.5 Å². The molecule has 2 heterocycles. The Morgan fingerprint density at radius 3 is 2.65 bits per heavy atom. The van der Waals surface area contributed by atoms with E-state index < -0.39 is 17.7 Å². The molecule has 5 nitrogen and oxygen atoms in total.